The van der Waals surface area contributed by atoms with Crippen LogP contribution in [0.5, 0.6) is 11.5 Å². The molecule has 0 aliphatic heterocycles. The molecule has 0 amide bonds. The Kier molecular flexibility index (Phi) is 3.99. The Morgan fingerprint density at radius 2 is 0.833 bits per heavy atom. The van der Waals surface area contributed by atoms with Crippen LogP contribution in [0.1, 0.15) is 0 Å². The highest BCUT2D eigenvalue weighted by molar-refractivity contribution is 6.38. The van der Waals surface area contributed by atoms with Gasteiger partial charge in [-0.2, -0.15) is 0 Å². The summed E-state index contributed by atoms with van der Waals surface area (Å²) >= 11 is 0. The first-order valence-electron chi connectivity index (χ1n) is 8.80. The van der Waals surface area contributed by atoms with Gasteiger partial charge in [-0.05, 0) is 57.9 Å². The molecule has 0 heterocycles. The summed E-state index contributed by atoms with van der Waals surface area (Å²) < 4.78 is 60.5. The third-order valence-electron chi connectivity index (χ3n) is 5.18. The van der Waals surface area contributed by atoms with Crippen LogP contribution in [0.15, 0.2) is 58.1 Å². The van der Waals surface area contributed by atoms with Crippen LogP contribution < -0.4 is 20.2 Å². The molecule has 5 aromatic carbocycles. The summed E-state index contributed by atoms with van der Waals surface area (Å²) in [4.78, 5) is 25.1. The van der Waals surface area contributed by atoms with Gasteiger partial charge in [-0.25, -0.2) is 17.3 Å². The molecule has 0 saturated carbocycles. The Hall–Kier alpha value is -3.55. The predicted octanol–water partition coefficient (Wildman–Crippen LogP) is 4.50. The van der Waals surface area contributed by atoms with Gasteiger partial charge in [0.25, 0.3) is 0 Å². The zero-order chi connectivity index (χ0) is 21.2. The third kappa shape index (κ3) is 2.56. The van der Waals surface area contributed by atoms with Crippen LogP contribution in [0.2, 0.25) is 0 Å². The zero-order valence-corrected chi connectivity index (χ0v) is 14.9. The minimum Gasteiger partial charge on any atom is -0.505 e. The van der Waals surface area contributed by atoms with Crippen LogP contribution in [0.3, 0.4) is 0 Å². The smallest absolute Gasteiger partial charge is 0.505 e. The Labute approximate surface area is 165 Å². The maximum atomic E-state index is 12.9. The van der Waals surface area contributed by atoms with Gasteiger partial charge in [0, 0.05) is 10.8 Å². The minimum absolute atomic E-state index is 0.0109. The van der Waals surface area contributed by atoms with E-state index < -0.39 is 25.8 Å². The van der Waals surface area contributed by atoms with Crippen molar-refractivity contribution in [2.24, 2.45) is 0 Å². The summed E-state index contributed by atoms with van der Waals surface area (Å²) in [6.07, 6.45) is 0. The summed E-state index contributed by atoms with van der Waals surface area (Å²) in [6, 6.07) is 11.0. The molecule has 0 radical (unpaired) electrons. The highest BCUT2D eigenvalue weighted by Crippen LogP contribution is 2.42. The fourth-order valence-electron chi connectivity index (χ4n) is 4.15. The highest BCUT2D eigenvalue weighted by Gasteiger charge is 2.25. The second-order valence-electron chi connectivity index (χ2n) is 6.70. The number of hydrogen-bond donors (Lipinski definition) is 0. The molecule has 0 aliphatic carbocycles. The van der Waals surface area contributed by atoms with Crippen molar-refractivity contribution < 1.29 is 26.6 Å². The lowest BCUT2D eigenvalue weighted by atomic mass is 9.89. The van der Waals surface area contributed by atoms with Crippen molar-refractivity contribution in [2.45, 2.75) is 0 Å². The van der Waals surface area contributed by atoms with Gasteiger partial charge >= 0.3 is 14.9 Å². The van der Waals surface area contributed by atoms with Gasteiger partial charge in [-0.3, -0.25) is 9.59 Å². The van der Waals surface area contributed by atoms with Gasteiger partial charge in [0.1, 0.15) is 11.5 Å². The molecule has 30 heavy (non-hydrogen) atoms. The molecule has 5 rings (SSSR count). The second kappa shape index (κ2) is 6.48. The van der Waals surface area contributed by atoms with Crippen molar-refractivity contribution in [3.63, 3.8) is 0 Å². The standard InChI is InChI=1S/C20H8B2F4O4/c23-21(24)29-15-7-3-11-12-4-8-16(30-22(25)26)20-14(28)6-2-10(18(12)20)9-1-5-13(27)19(15)17(9)11/h1-8H. The van der Waals surface area contributed by atoms with Crippen LogP contribution in [0.4, 0.5) is 17.3 Å². The second-order valence-corrected chi connectivity index (χ2v) is 6.70. The summed E-state index contributed by atoms with van der Waals surface area (Å²) in [6.45, 7) is 0. The largest absolute Gasteiger partial charge is 0.796 e. The van der Waals surface area contributed by atoms with Gasteiger partial charge in [-0.15, -0.1) is 0 Å². The van der Waals surface area contributed by atoms with E-state index in [4.69, 9.17) is 0 Å². The molecule has 146 valence electrons. The van der Waals surface area contributed by atoms with Crippen molar-refractivity contribution in [1.82, 2.24) is 0 Å². The molecule has 10 heteroatoms. The number of rotatable bonds is 4. The molecule has 0 fully saturated rings. The lowest BCUT2D eigenvalue weighted by molar-refractivity contribution is 0.428. The van der Waals surface area contributed by atoms with E-state index in [9.17, 15) is 26.9 Å². The summed E-state index contributed by atoms with van der Waals surface area (Å²) in [5.41, 5.74) is -0.993. The molecule has 0 atom stereocenters. The van der Waals surface area contributed by atoms with E-state index in [2.05, 4.69) is 9.31 Å². The zero-order valence-electron chi connectivity index (χ0n) is 14.9. The van der Waals surface area contributed by atoms with E-state index in [-0.39, 0.29) is 22.3 Å². The van der Waals surface area contributed by atoms with Crippen LogP contribution >= 0.6 is 0 Å². The SMILES string of the molecule is O=c1ccc2c3ccc(=O)c4c(OB(F)F)ccc(c5ccc(OB(F)F)c1c52)c43. The van der Waals surface area contributed by atoms with Gasteiger partial charge < -0.3 is 9.31 Å². The Bertz CT molecular complexity index is 1420. The quantitative estimate of drug-likeness (QED) is 0.190. The van der Waals surface area contributed by atoms with Crippen molar-refractivity contribution in [3.05, 3.63) is 69.0 Å². The number of fused-ring (bicyclic) bond motifs is 2. The number of benzene rings is 5. The molecule has 0 aromatic heterocycles. The van der Waals surface area contributed by atoms with Gasteiger partial charge in [0.2, 0.25) is 0 Å². The number of hydrogen-bond acceptors (Lipinski definition) is 4. The number of halogens is 4. The maximum Gasteiger partial charge on any atom is 0.796 e. The van der Waals surface area contributed by atoms with Crippen LogP contribution in [-0.2, 0) is 0 Å². The van der Waals surface area contributed by atoms with E-state index in [1.807, 2.05) is 0 Å². The molecular formula is C20H8B2F4O4. The molecule has 0 spiro atoms. The van der Waals surface area contributed by atoms with E-state index >= 15 is 0 Å². The van der Waals surface area contributed by atoms with Gasteiger partial charge in [0.15, 0.2) is 10.9 Å². The van der Waals surface area contributed by atoms with Crippen molar-refractivity contribution >= 4 is 58.0 Å². The molecule has 0 bridgehead atoms. The topological polar surface area (TPSA) is 52.6 Å². The molecule has 0 saturated heterocycles. The normalized spacial score (nSPS) is 11.6. The average Bonchev–Trinajstić information content (AvgIpc) is 2.68. The lowest BCUT2D eigenvalue weighted by Gasteiger charge is -2.17. The van der Waals surface area contributed by atoms with Crippen LogP contribution in [0, 0.1) is 0 Å². The van der Waals surface area contributed by atoms with Crippen LogP contribution in [0.25, 0.3) is 43.1 Å². The van der Waals surface area contributed by atoms with Gasteiger partial charge in [0.05, 0.1) is 10.8 Å². The molecule has 5 aromatic rings. The third-order valence-corrected chi connectivity index (χ3v) is 5.18. The van der Waals surface area contributed by atoms with Crippen LogP contribution in [-0.4, -0.2) is 14.9 Å². The molecular weight excluding hydrogens is 402 g/mol. The monoisotopic (exact) mass is 410 g/mol. The fourth-order valence-corrected chi connectivity index (χ4v) is 4.15. The highest BCUT2D eigenvalue weighted by atomic mass is 19.2. The van der Waals surface area contributed by atoms with Crippen molar-refractivity contribution in [1.29, 1.82) is 0 Å². The summed E-state index contributed by atoms with van der Waals surface area (Å²) in [5.74, 6) is -0.512. The molecule has 4 nitrogen and oxygen atoms in total. The van der Waals surface area contributed by atoms with Gasteiger partial charge in [-0.1, -0.05) is 12.1 Å². The van der Waals surface area contributed by atoms with E-state index in [1.54, 1.807) is 0 Å². The summed E-state index contributed by atoms with van der Waals surface area (Å²) in [5, 5.41) is 2.80. The van der Waals surface area contributed by atoms with E-state index in [0.717, 1.165) is 0 Å². The first-order valence-corrected chi connectivity index (χ1v) is 8.80. The average molecular weight is 410 g/mol. The maximum absolute atomic E-state index is 12.9. The Morgan fingerprint density at radius 1 is 0.500 bits per heavy atom. The molecule has 0 N–H and O–H groups in total. The fraction of sp³-hybridized carbons (Fsp3) is 0. The first kappa shape index (κ1) is 18.5. The summed E-state index contributed by atoms with van der Waals surface area (Å²) in [7, 11) is -6.23. The van der Waals surface area contributed by atoms with Crippen molar-refractivity contribution in [3.8, 4) is 11.5 Å². The first-order chi connectivity index (χ1) is 14.4. The molecule has 0 aliphatic rings. The predicted molar refractivity (Wildman–Crippen MR) is 109 cm³/mol. The Morgan fingerprint density at radius 3 is 1.17 bits per heavy atom. The van der Waals surface area contributed by atoms with E-state index in [0.29, 0.717) is 32.3 Å². The molecule has 0 unspecified atom stereocenters. The van der Waals surface area contributed by atoms with Crippen molar-refractivity contribution in [2.75, 3.05) is 0 Å². The minimum atomic E-state index is -3.11. The van der Waals surface area contributed by atoms with E-state index in [1.165, 1.54) is 48.5 Å². The Balaban J connectivity index is 2.04. The lowest BCUT2D eigenvalue weighted by Crippen LogP contribution is -2.12.